The fourth-order valence-corrected chi connectivity index (χ4v) is 2.53. The molecule has 0 aliphatic carbocycles. The molecule has 0 aromatic heterocycles. The lowest BCUT2D eigenvalue weighted by Gasteiger charge is -2.22. The number of benzene rings is 1. The Labute approximate surface area is 134 Å². The van der Waals surface area contributed by atoms with E-state index in [-0.39, 0.29) is 31.0 Å². The van der Waals surface area contributed by atoms with Crippen molar-refractivity contribution < 1.29 is 13.9 Å². The van der Waals surface area contributed by atoms with Gasteiger partial charge in [0.1, 0.15) is 11.9 Å². The van der Waals surface area contributed by atoms with Crippen molar-refractivity contribution in [2.24, 2.45) is 5.73 Å². The predicted molar refractivity (Wildman–Crippen MR) is 82.1 cm³/mol. The lowest BCUT2D eigenvalue weighted by Crippen LogP contribution is -2.37. The van der Waals surface area contributed by atoms with E-state index in [0.29, 0.717) is 23.6 Å². The van der Waals surface area contributed by atoms with Crippen LogP contribution in [0.4, 0.5) is 4.39 Å². The first-order valence-electron chi connectivity index (χ1n) is 6.56. The third-order valence-corrected chi connectivity index (χ3v) is 3.83. The van der Waals surface area contributed by atoms with Crippen molar-refractivity contribution in [2.75, 3.05) is 13.6 Å². The van der Waals surface area contributed by atoms with E-state index in [1.54, 1.807) is 13.1 Å². The Morgan fingerprint density at radius 3 is 2.81 bits per heavy atom. The molecule has 0 radical (unpaired) electrons. The molecule has 1 saturated heterocycles. The first-order valence-corrected chi connectivity index (χ1v) is 6.94. The van der Waals surface area contributed by atoms with E-state index in [4.69, 9.17) is 22.1 Å². The zero-order valence-corrected chi connectivity index (χ0v) is 13.3. The normalized spacial score (nSPS) is 21.0. The zero-order chi connectivity index (χ0) is 14.7. The summed E-state index contributed by atoms with van der Waals surface area (Å²) >= 11 is 5.96. The molecule has 7 heteroatoms. The first kappa shape index (κ1) is 18.2. The van der Waals surface area contributed by atoms with E-state index >= 15 is 0 Å². The first-order chi connectivity index (χ1) is 9.52. The Morgan fingerprint density at radius 1 is 1.52 bits per heavy atom. The van der Waals surface area contributed by atoms with E-state index in [1.165, 1.54) is 17.0 Å². The van der Waals surface area contributed by atoms with Gasteiger partial charge in [-0.3, -0.25) is 4.79 Å². The molecule has 2 rings (SSSR count). The Balaban J connectivity index is 0.00000220. The van der Waals surface area contributed by atoms with Crippen LogP contribution < -0.4 is 5.73 Å². The van der Waals surface area contributed by atoms with Gasteiger partial charge in [0.25, 0.3) is 5.91 Å². The van der Waals surface area contributed by atoms with Gasteiger partial charge < -0.3 is 15.4 Å². The van der Waals surface area contributed by atoms with Crippen LogP contribution in [0.25, 0.3) is 0 Å². The van der Waals surface area contributed by atoms with Gasteiger partial charge in [-0.2, -0.15) is 0 Å². The fourth-order valence-electron chi connectivity index (χ4n) is 2.31. The summed E-state index contributed by atoms with van der Waals surface area (Å²) in [6, 6.07) is 4.47. The highest BCUT2D eigenvalue weighted by Gasteiger charge is 2.32. The quantitative estimate of drug-likeness (QED) is 0.918. The van der Waals surface area contributed by atoms with E-state index in [0.717, 1.165) is 6.42 Å². The van der Waals surface area contributed by atoms with Crippen molar-refractivity contribution in [2.45, 2.75) is 31.6 Å². The number of carbonyl (C=O) groups is 1. The van der Waals surface area contributed by atoms with Crippen LogP contribution in [0.3, 0.4) is 0 Å². The number of nitrogens with zero attached hydrogens (tertiary/aromatic N) is 1. The van der Waals surface area contributed by atoms with Crippen LogP contribution in [-0.2, 0) is 16.1 Å². The molecular formula is C14H19Cl2FN2O2. The van der Waals surface area contributed by atoms with Gasteiger partial charge in [-0.1, -0.05) is 17.7 Å². The van der Waals surface area contributed by atoms with E-state index < -0.39 is 11.9 Å². The summed E-state index contributed by atoms with van der Waals surface area (Å²) in [7, 11) is 1.62. The third kappa shape index (κ3) is 4.30. The SMILES string of the molecule is CN(Cc1c(F)cccc1Cl)C(=O)[C@@H]1CC[C@H](CN)O1.Cl. The topological polar surface area (TPSA) is 55.6 Å². The Hall–Kier alpha value is -0.880. The van der Waals surface area contributed by atoms with Crippen molar-refractivity contribution in [1.29, 1.82) is 0 Å². The van der Waals surface area contributed by atoms with Crippen molar-refractivity contribution in [3.05, 3.63) is 34.6 Å². The average Bonchev–Trinajstić information content (AvgIpc) is 2.90. The number of hydrogen-bond acceptors (Lipinski definition) is 3. The Kier molecular flexibility index (Phi) is 6.87. The molecule has 2 atom stereocenters. The molecule has 1 aliphatic heterocycles. The second-order valence-corrected chi connectivity index (χ2v) is 5.36. The molecule has 0 saturated carbocycles. The molecule has 1 aromatic rings. The van der Waals surface area contributed by atoms with Gasteiger partial charge in [0.2, 0.25) is 0 Å². The van der Waals surface area contributed by atoms with Crippen LogP contribution >= 0.6 is 24.0 Å². The minimum absolute atomic E-state index is 0. The number of ether oxygens (including phenoxy) is 1. The molecule has 0 unspecified atom stereocenters. The highest BCUT2D eigenvalue weighted by Crippen LogP contribution is 2.23. The second-order valence-electron chi connectivity index (χ2n) is 4.95. The summed E-state index contributed by atoms with van der Waals surface area (Å²) in [6.07, 6.45) is 0.880. The lowest BCUT2D eigenvalue weighted by molar-refractivity contribution is -0.141. The number of carbonyl (C=O) groups excluding carboxylic acids is 1. The summed E-state index contributed by atoms with van der Waals surface area (Å²) in [5, 5.41) is 0.317. The second kappa shape index (κ2) is 7.94. The van der Waals surface area contributed by atoms with Crippen LogP contribution in [0.2, 0.25) is 5.02 Å². The summed E-state index contributed by atoms with van der Waals surface area (Å²) in [5.74, 6) is -0.579. The van der Waals surface area contributed by atoms with Crippen molar-refractivity contribution in [3.63, 3.8) is 0 Å². The van der Waals surface area contributed by atoms with Gasteiger partial charge in [-0.05, 0) is 25.0 Å². The molecule has 0 spiro atoms. The highest BCUT2D eigenvalue weighted by molar-refractivity contribution is 6.31. The lowest BCUT2D eigenvalue weighted by atomic mass is 10.1. The number of nitrogens with two attached hydrogens (primary N) is 1. The van der Waals surface area contributed by atoms with Gasteiger partial charge in [0.05, 0.1) is 6.10 Å². The van der Waals surface area contributed by atoms with Gasteiger partial charge in [-0.25, -0.2) is 4.39 Å². The molecular weight excluding hydrogens is 318 g/mol. The molecule has 1 heterocycles. The zero-order valence-electron chi connectivity index (χ0n) is 11.7. The predicted octanol–water partition coefficient (Wildman–Crippen LogP) is 2.37. The molecule has 2 N–H and O–H groups in total. The van der Waals surface area contributed by atoms with Crippen LogP contribution in [0.1, 0.15) is 18.4 Å². The number of likely N-dealkylation sites (N-methyl/N-ethyl adjacent to an activating group) is 1. The molecule has 4 nitrogen and oxygen atoms in total. The minimum Gasteiger partial charge on any atom is -0.364 e. The summed E-state index contributed by atoms with van der Waals surface area (Å²) in [6.45, 7) is 0.532. The van der Waals surface area contributed by atoms with Gasteiger partial charge in [-0.15, -0.1) is 12.4 Å². The molecule has 21 heavy (non-hydrogen) atoms. The van der Waals surface area contributed by atoms with Crippen molar-refractivity contribution >= 4 is 29.9 Å². The summed E-state index contributed by atoms with van der Waals surface area (Å²) in [5.41, 5.74) is 5.84. The largest absolute Gasteiger partial charge is 0.364 e. The van der Waals surface area contributed by atoms with Crippen LogP contribution in [-0.4, -0.2) is 36.6 Å². The minimum atomic E-state index is -0.487. The average molecular weight is 337 g/mol. The van der Waals surface area contributed by atoms with E-state index in [1.807, 2.05) is 0 Å². The highest BCUT2D eigenvalue weighted by atomic mass is 35.5. The maximum atomic E-state index is 13.7. The third-order valence-electron chi connectivity index (χ3n) is 3.48. The van der Waals surface area contributed by atoms with Crippen LogP contribution in [0.5, 0.6) is 0 Å². The maximum absolute atomic E-state index is 13.7. The number of amides is 1. The smallest absolute Gasteiger partial charge is 0.251 e. The molecule has 1 aromatic carbocycles. The van der Waals surface area contributed by atoms with Gasteiger partial charge >= 0.3 is 0 Å². The number of halogens is 3. The van der Waals surface area contributed by atoms with Crippen molar-refractivity contribution in [3.8, 4) is 0 Å². The Morgan fingerprint density at radius 2 is 2.24 bits per heavy atom. The van der Waals surface area contributed by atoms with Gasteiger partial charge in [0, 0.05) is 30.7 Å². The molecule has 118 valence electrons. The molecule has 1 amide bonds. The number of rotatable bonds is 4. The molecule has 1 aliphatic rings. The van der Waals surface area contributed by atoms with Gasteiger partial charge in [0.15, 0.2) is 0 Å². The van der Waals surface area contributed by atoms with Crippen LogP contribution in [0, 0.1) is 5.82 Å². The van der Waals surface area contributed by atoms with Crippen molar-refractivity contribution in [1.82, 2.24) is 4.90 Å². The molecule has 0 bridgehead atoms. The summed E-state index contributed by atoms with van der Waals surface area (Å²) in [4.78, 5) is 13.7. The van der Waals surface area contributed by atoms with E-state index in [2.05, 4.69) is 0 Å². The summed E-state index contributed by atoms with van der Waals surface area (Å²) < 4.78 is 19.2. The maximum Gasteiger partial charge on any atom is 0.251 e. The van der Waals surface area contributed by atoms with E-state index in [9.17, 15) is 9.18 Å². The standard InChI is InChI=1S/C14H18ClFN2O2.ClH/c1-18(8-10-11(15)3-2-4-12(10)16)14(19)13-6-5-9(7-17)20-13;/h2-4,9,13H,5-8,17H2,1H3;1H/t9-,13+;/m1./s1. The molecule has 1 fully saturated rings. The Bertz CT molecular complexity index is 482. The monoisotopic (exact) mass is 336 g/mol. The number of hydrogen-bond donors (Lipinski definition) is 1. The fraction of sp³-hybridized carbons (Fsp3) is 0.500. The van der Waals surface area contributed by atoms with Crippen LogP contribution in [0.15, 0.2) is 18.2 Å².